The second kappa shape index (κ2) is 5.14. The average Bonchev–Trinajstić information content (AvgIpc) is 2.30. The molecular formula is C9H9NO2S3. The Morgan fingerprint density at radius 1 is 1.20 bits per heavy atom. The maximum Gasteiger partial charge on any atom is 0.269 e. The molecule has 1 aromatic carbocycles. The number of nitro groups is 1. The molecule has 15 heavy (non-hydrogen) atoms. The molecule has 80 valence electrons. The summed E-state index contributed by atoms with van der Waals surface area (Å²) in [7, 11) is 0. The molecule has 0 atom stereocenters. The van der Waals surface area contributed by atoms with E-state index in [9.17, 15) is 10.1 Å². The number of hydrogen-bond donors (Lipinski definition) is 0. The van der Waals surface area contributed by atoms with Crippen LogP contribution < -0.4 is 0 Å². The van der Waals surface area contributed by atoms with Gasteiger partial charge in [-0.3, -0.25) is 10.1 Å². The van der Waals surface area contributed by atoms with Crippen LogP contribution in [0.5, 0.6) is 0 Å². The Kier molecular flexibility index (Phi) is 3.82. The molecule has 0 unspecified atom stereocenters. The zero-order chi connectivity index (χ0) is 10.7. The molecule has 0 N–H and O–H groups in total. The van der Waals surface area contributed by atoms with Gasteiger partial charge >= 0.3 is 0 Å². The van der Waals surface area contributed by atoms with Crippen molar-refractivity contribution in [3.63, 3.8) is 0 Å². The predicted octanol–water partition coefficient (Wildman–Crippen LogP) is 3.72. The highest BCUT2D eigenvalue weighted by Gasteiger charge is 2.17. The maximum atomic E-state index is 10.5. The van der Waals surface area contributed by atoms with Crippen molar-refractivity contribution < 1.29 is 4.92 Å². The van der Waals surface area contributed by atoms with Gasteiger partial charge in [0.25, 0.3) is 5.69 Å². The molecule has 1 aromatic rings. The number of nitro benzene ring substituents is 1. The van der Waals surface area contributed by atoms with E-state index >= 15 is 0 Å². The summed E-state index contributed by atoms with van der Waals surface area (Å²) in [4.78, 5) is 10.1. The van der Waals surface area contributed by atoms with E-state index in [1.165, 1.54) is 5.56 Å². The van der Waals surface area contributed by atoms with Crippen LogP contribution in [0.3, 0.4) is 0 Å². The van der Waals surface area contributed by atoms with Crippen molar-refractivity contribution >= 4 is 41.0 Å². The quantitative estimate of drug-likeness (QED) is 0.598. The molecule has 1 saturated heterocycles. The summed E-state index contributed by atoms with van der Waals surface area (Å²) >= 11 is 5.69. The molecule has 2 rings (SSSR count). The van der Waals surface area contributed by atoms with E-state index in [1.54, 1.807) is 12.1 Å². The van der Waals surface area contributed by atoms with Crippen molar-refractivity contribution in [1.29, 1.82) is 0 Å². The summed E-state index contributed by atoms with van der Waals surface area (Å²) in [6, 6.07) is 6.88. The van der Waals surface area contributed by atoms with Crippen molar-refractivity contribution in [3.05, 3.63) is 39.9 Å². The Morgan fingerprint density at radius 3 is 2.33 bits per heavy atom. The van der Waals surface area contributed by atoms with Gasteiger partial charge in [0.1, 0.15) is 0 Å². The van der Waals surface area contributed by atoms with E-state index < -0.39 is 0 Å². The molecule has 1 aliphatic heterocycles. The zero-order valence-electron chi connectivity index (χ0n) is 7.79. The van der Waals surface area contributed by atoms with E-state index in [0.717, 1.165) is 10.2 Å². The fraction of sp³-hybridized carbons (Fsp3) is 0.333. The molecule has 0 aromatic heterocycles. The van der Waals surface area contributed by atoms with E-state index in [1.807, 2.05) is 47.4 Å². The van der Waals surface area contributed by atoms with Gasteiger partial charge in [-0.15, -0.1) is 35.3 Å². The minimum Gasteiger partial charge on any atom is -0.258 e. The molecular weight excluding hydrogens is 250 g/mol. The lowest BCUT2D eigenvalue weighted by molar-refractivity contribution is -0.384. The van der Waals surface area contributed by atoms with Gasteiger partial charge in [-0.1, -0.05) is 12.1 Å². The largest absolute Gasteiger partial charge is 0.269 e. The predicted molar refractivity (Wildman–Crippen MR) is 68.3 cm³/mol. The highest BCUT2D eigenvalue weighted by atomic mass is 32.3. The minimum absolute atomic E-state index is 0.166. The Hall–Kier alpha value is -0.330. The molecule has 1 aliphatic rings. The summed E-state index contributed by atoms with van der Waals surface area (Å²) < 4.78 is 0.437. The fourth-order valence-electron chi connectivity index (χ4n) is 1.25. The van der Waals surface area contributed by atoms with Gasteiger partial charge in [-0.25, -0.2) is 0 Å². The third kappa shape index (κ3) is 2.83. The Balaban J connectivity index is 2.11. The van der Waals surface area contributed by atoms with Crippen LogP contribution in [-0.2, 0) is 0 Å². The second-order valence-corrected chi connectivity index (χ2v) is 7.16. The summed E-state index contributed by atoms with van der Waals surface area (Å²) in [6.45, 7) is 0. The number of non-ortho nitro benzene ring substituents is 1. The van der Waals surface area contributed by atoms with Crippen LogP contribution in [-0.4, -0.2) is 15.1 Å². The molecule has 1 heterocycles. The van der Waals surface area contributed by atoms with Gasteiger partial charge in [0.2, 0.25) is 0 Å². The van der Waals surface area contributed by atoms with Gasteiger partial charge in [0, 0.05) is 22.3 Å². The highest BCUT2D eigenvalue weighted by Crippen LogP contribution is 2.46. The molecule has 0 amide bonds. The van der Waals surface area contributed by atoms with Crippen molar-refractivity contribution in [3.8, 4) is 0 Å². The summed E-state index contributed by atoms with van der Waals surface area (Å²) in [5.74, 6) is 0. The number of hydrogen-bond acceptors (Lipinski definition) is 5. The molecule has 3 nitrogen and oxygen atoms in total. The van der Waals surface area contributed by atoms with Gasteiger partial charge in [-0.2, -0.15) is 0 Å². The fourth-order valence-corrected chi connectivity index (χ4v) is 5.97. The van der Waals surface area contributed by atoms with Crippen LogP contribution in [0.25, 0.3) is 0 Å². The Bertz CT molecular complexity index is 349. The van der Waals surface area contributed by atoms with Crippen LogP contribution in [0.1, 0.15) is 10.1 Å². The van der Waals surface area contributed by atoms with E-state index in [0.29, 0.717) is 4.58 Å². The molecule has 0 radical (unpaired) electrons. The summed E-state index contributed by atoms with van der Waals surface area (Å²) in [5, 5.41) is 12.7. The van der Waals surface area contributed by atoms with Crippen molar-refractivity contribution in [2.45, 2.75) is 4.58 Å². The van der Waals surface area contributed by atoms with Crippen LogP contribution in [0.2, 0.25) is 0 Å². The molecule has 6 heteroatoms. The third-order valence-corrected chi connectivity index (χ3v) is 6.37. The Morgan fingerprint density at radius 2 is 1.80 bits per heavy atom. The number of benzene rings is 1. The normalized spacial score (nSPS) is 17.6. The summed E-state index contributed by atoms with van der Waals surface area (Å²) in [6.07, 6.45) is 0. The van der Waals surface area contributed by atoms with Crippen LogP contribution in [0.4, 0.5) is 5.69 Å². The second-order valence-electron chi connectivity index (χ2n) is 2.95. The van der Waals surface area contributed by atoms with Crippen molar-refractivity contribution in [1.82, 2.24) is 0 Å². The van der Waals surface area contributed by atoms with E-state index in [4.69, 9.17) is 0 Å². The summed E-state index contributed by atoms with van der Waals surface area (Å²) in [5.41, 5.74) is 1.34. The topological polar surface area (TPSA) is 43.1 Å². The van der Waals surface area contributed by atoms with E-state index in [2.05, 4.69) is 0 Å². The van der Waals surface area contributed by atoms with Gasteiger partial charge in [0.15, 0.2) is 0 Å². The lowest BCUT2D eigenvalue weighted by atomic mass is 10.2. The highest BCUT2D eigenvalue weighted by molar-refractivity contribution is 8.32. The first-order chi connectivity index (χ1) is 7.27. The Labute approximate surface area is 101 Å². The molecule has 1 fully saturated rings. The molecule has 0 spiro atoms. The first-order valence-corrected chi connectivity index (χ1v) is 7.58. The standard InChI is InChI=1S/C9H9NO2S3/c11-10(12)8-3-1-7(2-4-8)9-14-5-13-6-15-9/h1-4,9H,5-6H2. The first kappa shape index (κ1) is 11.2. The van der Waals surface area contributed by atoms with E-state index in [-0.39, 0.29) is 10.6 Å². The molecule has 0 bridgehead atoms. The van der Waals surface area contributed by atoms with Crippen molar-refractivity contribution in [2.75, 3.05) is 10.2 Å². The zero-order valence-corrected chi connectivity index (χ0v) is 10.2. The van der Waals surface area contributed by atoms with Gasteiger partial charge < -0.3 is 0 Å². The first-order valence-electron chi connectivity index (χ1n) is 4.32. The van der Waals surface area contributed by atoms with Crippen LogP contribution in [0, 0.1) is 10.1 Å². The SMILES string of the molecule is O=[N+]([O-])c1ccc(C2SCSCS2)cc1. The third-order valence-electron chi connectivity index (χ3n) is 1.98. The van der Waals surface area contributed by atoms with Crippen LogP contribution in [0.15, 0.2) is 24.3 Å². The van der Waals surface area contributed by atoms with Gasteiger partial charge in [0.05, 0.1) is 9.51 Å². The van der Waals surface area contributed by atoms with Crippen LogP contribution >= 0.6 is 35.3 Å². The average molecular weight is 259 g/mol. The monoisotopic (exact) mass is 259 g/mol. The minimum atomic E-state index is -0.360. The lowest BCUT2D eigenvalue weighted by Crippen LogP contribution is -1.96. The van der Waals surface area contributed by atoms with Crippen molar-refractivity contribution in [2.24, 2.45) is 0 Å². The number of nitrogens with zero attached hydrogens (tertiary/aromatic N) is 1. The maximum absolute atomic E-state index is 10.5. The van der Waals surface area contributed by atoms with Gasteiger partial charge in [-0.05, 0) is 5.56 Å². The number of rotatable bonds is 2. The molecule has 0 aliphatic carbocycles. The number of thioether (sulfide) groups is 3. The smallest absolute Gasteiger partial charge is 0.258 e. The molecule has 0 saturated carbocycles. The lowest BCUT2D eigenvalue weighted by Gasteiger charge is -2.20.